The Bertz CT molecular complexity index is 956. The van der Waals surface area contributed by atoms with Crippen molar-refractivity contribution >= 4 is 15.7 Å². The quantitative estimate of drug-likeness (QED) is 0.566. The van der Waals surface area contributed by atoms with Crippen LogP contribution in [0.25, 0.3) is 0 Å². The van der Waals surface area contributed by atoms with Crippen molar-refractivity contribution in [2.75, 3.05) is 13.1 Å². The lowest BCUT2D eigenvalue weighted by atomic mass is 10.0. The number of sulfonamides is 1. The molecule has 144 valence electrons. The van der Waals surface area contributed by atoms with E-state index >= 15 is 0 Å². The van der Waals surface area contributed by atoms with Gasteiger partial charge in [-0.1, -0.05) is 13.0 Å². The predicted molar refractivity (Wildman–Crippen MR) is 96.7 cm³/mol. The number of nitro benzene ring substituents is 1. The second kappa shape index (κ2) is 7.61. The molecule has 9 heteroatoms. The molecule has 7 nitrogen and oxygen atoms in total. The number of hydrogen-bond donors (Lipinski definition) is 0. The van der Waals surface area contributed by atoms with Crippen molar-refractivity contribution in [3.63, 3.8) is 0 Å². The number of halogens is 1. The number of ether oxygens (including phenoxy) is 1. The lowest BCUT2D eigenvalue weighted by Gasteiger charge is -2.29. The van der Waals surface area contributed by atoms with Gasteiger partial charge in [-0.3, -0.25) is 10.1 Å². The number of hydrogen-bond acceptors (Lipinski definition) is 5. The van der Waals surface area contributed by atoms with E-state index in [0.717, 1.165) is 25.0 Å². The van der Waals surface area contributed by atoms with Crippen molar-refractivity contribution in [1.82, 2.24) is 4.31 Å². The van der Waals surface area contributed by atoms with Crippen LogP contribution in [0.3, 0.4) is 0 Å². The minimum Gasteiger partial charge on any atom is -0.450 e. The summed E-state index contributed by atoms with van der Waals surface area (Å²) in [6.45, 7) is 2.84. The van der Waals surface area contributed by atoms with E-state index in [1.165, 1.54) is 34.6 Å². The minimum atomic E-state index is -3.82. The highest BCUT2D eigenvalue weighted by Gasteiger charge is 2.30. The molecule has 0 N–H and O–H groups in total. The van der Waals surface area contributed by atoms with Gasteiger partial charge in [-0.05, 0) is 43.0 Å². The maximum absolute atomic E-state index is 13.3. The van der Waals surface area contributed by atoms with E-state index < -0.39 is 26.5 Å². The van der Waals surface area contributed by atoms with Gasteiger partial charge in [0.05, 0.1) is 9.82 Å². The zero-order chi connectivity index (χ0) is 19.6. The first-order valence-electron chi connectivity index (χ1n) is 8.49. The molecule has 0 unspecified atom stereocenters. The average molecular weight is 394 g/mol. The van der Waals surface area contributed by atoms with Gasteiger partial charge in [0.15, 0.2) is 0 Å². The van der Waals surface area contributed by atoms with Gasteiger partial charge >= 0.3 is 5.69 Å². The third kappa shape index (κ3) is 4.25. The third-order valence-corrected chi connectivity index (χ3v) is 6.43. The molecule has 27 heavy (non-hydrogen) atoms. The van der Waals surface area contributed by atoms with E-state index in [9.17, 15) is 22.9 Å². The SMILES string of the molecule is CC1CCN(S(=O)(=O)c2ccc(Oc3cccc(F)c3)c([N+](=O)[O-])c2)CC1. The van der Waals surface area contributed by atoms with Crippen molar-refractivity contribution in [3.05, 3.63) is 58.4 Å². The first-order chi connectivity index (χ1) is 12.8. The summed E-state index contributed by atoms with van der Waals surface area (Å²) < 4.78 is 45.6. The van der Waals surface area contributed by atoms with Crippen molar-refractivity contribution in [1.29, 1.82) is 0 Å². The molecular formula is C18H19FN2O5S. The zero-order valence-electron chi connectivity index (χ0n) is 14.7. The molecule has 0 spiro atoms. The number of benzene rings is 2. The second-order valence-corrected chi connectivity index (χ2v) is 8.47. The molecule has 0 atom stereocenters. The molecule has 0 aliphatic carbocycles. The van der Waals surface area contributed by atoms with E-state index in [4.69, 9.17) is 4.74 Å². The van der Waals surface area contributed by atoms with Gasteiger partial charge < -0.3 is 4.74 Å². The van der Waals surface area contributed by atoms with Crippen LogP contribution < -0.4 is 4.74 Å². The highest BCUT2D eigenvalue weighted by atomic mass is 32.2. The fourth-order valence-corrected chi connectivity index (χ4v) is 4.41. The Morgan fingerprint density at radius 3 is 2.52 bits per heavy atom. The van der Waals surface area contributed by atoms with E-state index in [-0.39, 0.29) is 16.4 Å². The molecule has 0 saturated carbocycles. The van der Waals surface area contributed by atoms with Gasteiger partial charge in [0.1, 0.15) is 11.6 Å². The van der Waals surface area contributed by atoms with Crippen LogP contribution in [0.4, 0.5) is 10.1 Å². The van der Waals surface area contributed by atoms with Crippen LogP contribution in [0, 0.1) is 21.8 Å². The largest absolute Gasteiger partial charge is 0.450 e. The maximum atomic E-state index is 13.3. The molecule has 1 aliphatic rings. The smallest absolute Gasteiger partial charge is 0.312 e. The fraction of sp³-hybridized carbons (Fsp3) is 0.333. The summed E-state index contributed by atoms with van der Waals surface area (Å²) in [7, 11) is -3.82. The number of nitrogens with zero attached hydrogens (tertiary/aromatic N) is 2. The zero-order valence-corrected chi connectivity index (χ0v) is 15.5. The van der Waals surface area contributed by atoms with Gasteiger partial charge in [0, 0.05) is 25.2 Å². The summed E-state index contributed by atoms with van der Waals surface area (Å²) in [5, 5.41) is 11.4. The molecule has 1 saturated heterocycles. The van der Waals surface area contributed by atoms with Gasteiger partial charge in [0.2, 0.25) is 15.8 Å². The van der Waals surface area contributed by atoms with Crippen molar-refractivity contribution in [3.8, 4) is 11.5 Å². The van der Waals surface area contributed by atoms with Crippen molar-refractivity contribution in [2.45, 2.75) is 24.7 Å². The Balaban J connectivity index is 1.92. The van der Waals surface area contributed by atoms with E-state index in [1.807, 2.05) is 0 Å². The van der Waals surface area contributed by atoms with Gasteiger partial charge in [-0.2, -0.15) is 4.31 Å². The van der Waals surface area contributed by atoms with Crippen LogP contribution >= 0.6 is 0 Å². The molecule has 0 amide bonds. The molecule has 0 radical (unpaired) electrons. The summed E-state index contributed by atoms with van der Waals surface area (Å²) in [6.07, 6.45) is 1.50. The highest BCUT2D eigenvalue weighted by molar-refractivity contribution is 7.89. The number of piperidine rings is 1. The summed E-state index contributed by atoms with van der Waals surface area (Å²) in [5.74, 6) is -0.169. The van der Waals surface area contributed by atoms with Crippen LogP contribution in [0.5, 0.6) is 11.5 Å². The molecule has 0 aromatic heterocycles. The summed E-state index contributed by atoms with van der Waals surface area (Å²) in [5.41, 5.74) is -0.495. The Morgan fingerprint density at radius 1 is 1.19 bits per heavy atom. The Kier molecular flexibility index (Phi) is 5.43. The molecule has 1 aliphatic heterocycles. The second-order valence-electron chi connectivity index (χ2n) is 6.53. The van der Waals surface area contributed by atoms with E-state index in [0.29, 0.717) is 19.0 Å². The predicted octanol–water partition coefficient (Wildman–Crippen LogP) is 3.95. The Labute approximate surface area is 156 Å². The normalized spacial score (nSPS) is 16.2. The van der Waals surface area contributed by atoms with Crippen LogP contribution in [-0.2, 0) is 10.0 Å². The standard InChI is InChI=1S/C18H19FN2O5S/c1-13-7-9-20(10-8-13)27(24,25)16-5-6-18(17(12-16)21(22)23)26-15-4-2-3-14(19)11-15/h2-6,11-13H,7-10H2,1H3. The topological polar surface area (TPSA) is 89.8 Å². The summed E-state index contributed by atoms with van der Waals surface area (Å²) >= 11 is 0. The van der Waals surface area contributed by atoms with E-state index in [1.54, 1.807) is 0 Å². The first kappa shape index (κ1) is 19.2. The molecule has 1 heterocycles. The van der Waals surface area contributed by atoms with Crippen molar-refractivity contribution in [2.24, 2.45) is 5.92 Å². The van der Waals surface area contributed by atoms with Gasteiger partial charge in [-0.25, -0.2) is 12.8 Å². The van der Waals surface area contributed by atoms with E-state index in [2.05, 4.69) is 6.92 Å². The summed E-state index contributed by atoms with van der Waals surface area (Å²) in [6, 6.07) is 8.65. The monoisotopic (exact) mass is 394 g/mol. The molecular weight excluding hydrogens is 375 g/mol. The van der Waals surface area contributed by atoms with Crippen LogP contribution in [0.15, 0.2) is 47.4 Å². The first-order valence-corrected chi connectivity index (χ1v) is 9.93. The Morgan fingerprint density at radius 2 is 1.89 bits per heavy atom. The van der Waals surface area contributed by atoms with Crippen molar-refractivity contribution < 1.29 is 22.5 Å². The average Bonchev–Trinajstić information content (AvgIpc) is 2.62. The van der Waals surface area contributed by atoms with Gasteiger partial charge in [0.25, 0.3) is 0 Å². The Hall–Kier alpha value is -2.52. The third-order valence-electron chi connectivity index (χ3n) is 4.53. The van der Waals surface area contributed by atoms with Crippen LogP contribution in [0.1, 0.15) is 19.8 Å². The lowest BCUT2D eigenvalue weighted by Crippen LogP contribution is -2.37. The van der Waals surface area contributed by atoms with Gasteiger partial charge in [-0.15, -0.1) is 0 Å². The number of rotatable bonds is 5. The maximum Gasteiger partial charge on any atom is 0.312 e. The molecule has 0 bridgehead atoms. The summed E-state index contributed by atoms with van der Waals surface area (Å²) in [4.78, 5) is 10.5. The number of nitro groups is 1. The van der Waals surface area contributed by atoms with Crippen LogP contribution in [0.2, 0.25) is 0 Å². The lowest BCUT2D eigenvalue weighted by molar-refractivity contribution is -0.385. The molecule has 1 fully saturated rings. The molecule has 2 aromatic carbocycles. The fourth-order valence-electron chi connectivity index (χ4n) is 2.92. The van der Waals surface area contributed by atoms with Crippen LogP contribution in [-0.4, -0.2) is 30.7 Å². The molecule has 2 aromatic rings. The molecule has 3 rings (SSSR count). The highest BCUT2D eigenvalue weighted by Crippen LogP contribution is 2.35. The minimum absolute atomic E-state index is 0.0822.